The Kier molecular flexibility index (Phi) is 4.52. The first-order chi connectivity index (χ1) is 9.67. The summed E-state index contributed by atoms with van der Waals surface area (Å²) in [5.74, 6) is -0.0158. The Bertz CT molecular complexity index is 656. The first-order valence-electron chi connectivity index (χ1n) is 6.48. The van der Waals surface area contributed by atoms with E-state index in [4.69, 9.17) is 5.26 Å². The number of nitrogens with zero attached hydrogens (tertiary/aromatic N) is 1. The summed E-state index contributed by atoms with van der Waals surface area (Å²) in [7, 11) is 0. The predicted molar refractivity (Wildman–Crippen MR) is 77.9 cm³/mol. The third-order valence-electron chi connectivity index (χ3n) is 2.99. The van der Waals surface area contributed by atoms with Crippen LogP contribution in [0, 0.1) is 18.3 Å². The van der Waals surface area contributed by atoms with Gasteiger partial charge in [0.25, 0.3) is 0 Å². The molecule has 3 nitrogen and oxygen atoms in total. The first-order valence-corrected chi connectivity index (χ1v) is 6.48. The molecule has 0 aliphatic rings. The number of aryl methyl sites for hydroxylation is 1. The Balaban J connectivity index is 1.90. The van der Waals surface area contributed by atoms with E-state index in [9.17, 15) is 4.79 Å². The summed E-state index contributed by atoms with van der Waals surface area (Å²) in [5, 5.41) is 11.7. The number of hydrogen-bond donors (Lipinski definition) is 1. The molecule has 0 bridgehead atoms. The molecule has 0 fully saturated rings. The molecule has 2 aromatic carbocycles. The smallest absolute Gasteiger partial charge is 0.224 e. The molecular formula is C17H16N2O. The molecule has 2 aromatic rings. The molecule has 20 heavy (non-hydrogen) atoms. The minimum atomic E-state index is -0.0158. The minimum Gasteiger partial charge on any atom is -0.352 e. The Labute approximate surface area is 118 Å². The molecule has 3 heteroatoms. The van der Waals surface area contributed by atoms with Gasteiger partial charge >= 0.3 is 0 Å². The van der Waals surface area contributed by atoms with Gasteiger partial charge in [-0.3, -0.25) is 4.79 Å². The van der Waals surface area contributed by atoms with Crippen molar-refractivity contribution in [1.29, 1.82) is 5.26 Å². The fourth-order valence-corrected chi connectivity index (χ4v) is 2.02. The number of carbonyl (C=O) groups is 1. The van der Waals surface area contributed by atoms with Crippen molar-refractivity contribution in [3.8, 4) is 6.07 Å². The molecule has 0 saturated carbocycles. The van der Waals surface area contributed by atoms with Crippen LogP contribution in [-0.2, 0) is 17.8 Å². The molecule has 0 aliphatic carbocycles. The highest BCUT2D eigenvalue weighted by atomic mass is 16.1. The molecule has 1 amide bonds. The first kappa shape index (κ1) is 13.8. The van der Waals surface area contributed by atoms with Crippen LogP contribution in [0.15, 0.2) is 48.5 Å². The highest BCUT2D eigenvalue weighted by Crippen LogP contribution is 2.06. The highest BCUT2D eigenvalue weighted by molar-refractivity contribution is 5.78. The van der Waals surface area contributed by atoms with Crippen LogP contribution in [0.5, 0.6) is 0 Å². The average Bonchev–Trinajstić information content (AvgIpc) is 2.45. The van der Waals surface area contributed by atoms with Gasteiger partial charge in [-0.2, -0.15) is 5.26 Å². The molecule has 0 atom stereocenters. The van der Waals surface area contributed by atoms with Crippen molar-refractivity contribution in [3.05, 3.63) is 70.8 Å². The summed E-state index contributed by atoms with van der Waals surface area (Å²) >= 11 is 0. The SMILES string of the molecule is Cc1cccc(CC(=O)NCc2cccc(C#N)c2)c1. The monoisotopic (exact) mass is 264 g/mol. The van der Waals surface area contributed by atoms with Gasteiger partial charge in [-0.1, -0.05) is 42.0 Å². The van der Waals surface area contributed by atoms with Crippen molar-refractivity contribution in [2.75, 3.05) is 0 Å². The molecular weight excluding hydrogens is 248 g/mol. The second kappa shape index (κ2) is 6.53. The number of hydrogen-bond acceptors (Lipinski definition) is 2. The van der Waals surface area contributed by atoms with Crippen molar-refractivity contribution in [2.45, 2.75) is 19.9 Å². The highest BCUT2D eigenvalue weighted by Gasteiger charge is 2.04. The molecule has 1 N–H and O–H groups in total. The molecule has 100 valence electrons. The van der Waals surface area contributed by atoms with Crippen molar-refractivity contribution in [3.63, 3.8) is 0 Å². The number of nitriles is 1. The van der Waals surface area contributed by atoms with Crippen LogP contribution in [0.3, 0.4) is 0 Å². The van der Waals surface area contributed by atoms with Crippen LogP contribution in [0.4, 0.5) is 0 Å². The molecule has 0 aromatic heterocycles. The molecule has 0 radical (unpaired) electrons. The van der Waals surface area contributed by atoms with Crippen LogP contribution < -0.4 is 5.32 Å². The summed E-state index contributed by atoms with van der Waals surface area (Å²) in [6, 6.07) is 17.3. The quantitative estimate of drug-likeness (QED) is 0.923. The van der Waals surface area contributed by atoms with Crippen molar-refractivity contribution >= 4 is 5.91 Å². The second-order valence-electron chi connectivity index (χ2n) is 4.75. The van der Waals surface area contributed by atoms with Gasteiger partial charge in [0.2, 0.25) is 5.91 Å². The van der Waals surface area contributed by atoms with E-state index in [0.29, 0.717) is 18.5 Å². The van der Waals surface area contributed by atoms with E-state index < -0.39 is 0 Å². The van der Waals surface area contributed by atoms with Gasteiger partial charge < -0.3 is 5.32 Å². The number of benzene rings is 2. The van der Waals surface area contributed by atoms with Crippen LogP contribution in [-0.4, -0.2) is 5.91 Å². The molecule has 0 heterocycles. The maximum atomic E-state index is 11.9. The summed E-state index contributed by atoms with van der Waals surface area (Å²) in [5.41, 5.74) is 3.70. The predicted octanol–water partition coefficient (Wildman–Crippen LogP) is 2.73. The van der Waals surface area contributed by atoms with E-state index >= 15 is 0 Å². The Morgan fingerprint density at radius 2 is 1.90 bits per heavy atom. The Morgan fingerprint density at radius 1 is 1.15 bits per heavy atom. The summed E-state index contributed by atoms with van der Waals surface area (Å²) in [4.78, 5) is 11.9. The van der Waals surface area contributed by atoms with Gasteiger partial charge in [0, 0.05) is 6.54 Å². The zero-order valence-corrected chi connectivity index (χ0v) is 11.4. The van der Waals surface area contributed by atoms with E-state index in [1.54, 1.807) is 12.1 Å². The van der Waals surface area contributed by atoms with Crippen LogP contribution >= 0.6 is 0 Å². The van der Waals surface area contributed by atoms with Gasteiger partial charge in [-0.25, -0.2) is 0 Å². The lowest BCUT2D eigenvalue weighted by atomic mass is 10.1. The number of amides is 1. The van der Waals surface area contributed by atoms with Gasteiger partial charge in [-0.05, 0) is 30.2 Å². The Hall–Kier alpha value is -2.60. The van der Waals surface area contributed by atoms with Crippen molar-refractivity contribution in [1.82, 2.24) is 5.32 Å². The van der Waals surface area contributed by atoms with Gasteiger partial charge in [0.05, 0.1) is 18.1 Å². The molecule has 0 saturated heterocycles. The Morgan fingerprint density at radius 3 is 2.65 bits per heavy atom. The molecule has 2 rings (SSSR count). The number of rotatable bonds is 4. The lowest BCUT2D eigenvalue weighted by molar-refractivity contribution is -0.120. The normalized spacial score (nSPS) is 9.80. The fourth-order valence-electron chi connectivity index (χ4n) is 2.02. The lowest BCUT2D eigenvalue weighted by Gasteiger charge is -2.06. The van der Waals surface area contributed by atoms with Gasteiger partial charge in [0.15, 0.2) is 0 Å². The van der Waals surface area contributed by atoms with E-state index in [1.807, 2.05) is 43.3 Å². The number of carbonyl (C=O) groups excluding carboxylic acids is 1. The van der Waals surface area contributed by atoms with E-state index in [-0.39, 0.29) is 5.91 Å². The van der Waals surface area contributed by atoms with Gasteiger partial charge in [-0.15, -0.1) is 0 Å². The van der Waals surface area contributed by atoms with E-state index in [0.717, 1.165) is 16.7 Å². The molecule has 0 spiro atoms. The third-order valence-corrected chi connectivity index (χ3v) is 2.99. The zero-order chi connectivity index (χ0) is 14.4. The minimum absolute atomic E-state index is 0.0158. The summed E-state index contributed by atoms with van der Waals surface area (Å²) in [6.45, 7) is 2.45. The van der Waals surface area contributed by atoms with Crippen molar-refractivity contribution in [2.24, 2.45) is 0 Å². The van der Waals surface area contributed by atoms with Gasteiger partial charge in [0.1, 0.15) is 0 Å². The maximum Gasteiger partial charge on any atom is 0.224 e. The topological polar surface area (TPSA) is 52.9 Å². The lowest BCUT2D eigenvalue weighted by Crippen LogP contribution is -2.24. The molecule has 0 aliphatic heterocycles. The second-order valence-corrected chi connectivity index (χ2v) is 4.75. The van der Waals surface area contributed by atoms with Crippen LogP contribution in [0.1, 0.15) is 22.3 Å². The molecule has 0 unspecified atom stereocenters. The van der Waals surface area contributed by atoms with Crippen molar-refractivity contribution < 1.29 is 4.79 Å². The van der Waals surface area contributed by atoms with Crippen LogP contribution in [0.25, 0.3) is 0 Å². The van der Waals surface area contributed by atoms with E-state index in [1.165, 1.54) is 0 Å². The largest absolute Gasteiger partial charge is 0.352 e. The summed E-state index contributed by atoms with van der Waals surface area (Å²) in [6.07, 6.45) is 0.375. The van der Waals surface area contributed by atoms with E-state index in [2.05, 4.69) is 11.4 Å². The average molecular weight is 264 g/mol. The maximum absolute atomic E-state index is 11.9. The number of nitrogens with one attached hydrogen (secondary N) is 1. The fraction of sp³-hybridized carbons (Fsp3) is 0.176. The van der Waals surface area contributed by atoms with Crippen LogP contribution in [0.2, 0.25) is 0 Å². The zero-order valence-electron chi connectivity index (χ0n) is 11.4. The third kappa shape index (κ3) is 3.96. The summed E-state index contributed by atoms with van der Waals surface area (Å²) < 4.78 is 0. The standard InChI is InChI=1S/C17H16N2O/c1-13-4-2-5-14(8-13)10-17(20)19-12-16-7-3-6-15(9-16)11-18/h2-9H,10,12H2,1H3,(H,19,20).